The van der Waals surface area contributed by atoms with Gasteiger partial charge in [0.2, 0.25) is 17.7 Å². The fraction of sp³-hybridized carbons (Fsp3) is 0.217. The number of hydrogen-bond acceptors (Lipinski definition) is 5. The predicted octanol–water partition coefficient (Wildman–Crippen LogP) is 4.45. The maximum atomic E-state index is 14.0. The molecule has 164 valence electrons. The van der Waals surface area contributed by atoms with Crippen LogP contribution in [0.1, 0.15) is 29.0 Å². The topological polar surface area (TPSA) is 85.8 Å². The van der Waals surface area contributed by atoms with E-state index < -0.39 is 11.6 Å². The smallest absolute Gasteiger partial charge is 0.247 e. The van der Waals surface area contributed by atoms with E-state index >= 15 is 0 Å². The second kappa shape index (κ2) is 9.09. The van der Waals surface area contributed by atoms with Gasteiger partial charge in [-0.25, -0.2) is 13.5 Å². The molecule has 0 saturated carbocycles. The molecule has 1 amide bonds. The summed E-state index contributed by atoms with van der Waals surface area (Å²) < 4.78 is 34.5. The van der Waals surface area contributed by atoms with Crippen molar-refractivity contribution >= 4 is 11.7 Å². The quantitative estimate of drug-likeness (QED) is 0.462. The minimum absolute atomic E-state index is 0.0172. The third-order valence-corrected chi connectivity index (χ3v) is 4.94. The van der Waals surface area contributed by atoms with Crippen LogP contribution in [0.5, 0.6) is 0 Å². The molecular formula is C23H21F2N5O2. The Balaban J connectivity index is 1.39. The molecule has 9 heteroatoms. The second-order valence-electron chi connectivity index (χ2n) is 7.48. The van der Waals surface area contributed by atoms with Gasteiger partial charge in [-0.3, -0.25) is 4.79 Å². The summed E-state index contributed by atoms with van der Waals surface area (Å²) in [5.74, 6) is -0.207. The molecule has 2 heterocycles. The van der Waals surface area contributed by atoms with Gasteiger partial charge in [0.1, 0.15) is 17.5 Å². The van der Waals surface area contributed by atoms with E-state index in [9.17, 15) is 13.6 Å². The predicted molar refractivity (Wildman–Crippen MR) is 114 cm³/mol. The SMILES string of the molecule is Cc1ccc(-c2nnc(CCC(=O)Nc3c(C)cnn3Cc3cc(F)ccc3F)o2)cc1. The van der Waals surface area contributed by atoms with Gasteiger partial charge in [0.05, 0.1) is 12.7 Å². The Bertz CT molecular complexity index is 1250. The fourth-order valence-corrected chi connectivity index (χ4v) is 3.17. The Labute approximate surface area is 183 Å². The lowest BCUT2D eigenvalue weighted by Crippen LogP contribution is -2.17. The molecule has 0 aliphatic carbocycles. The molecule has 4 rings (SSSR count). The van der Waals surface area contributed by atoms with Crippen LogP contribution >= 0.6 is 0 Å². The molecule has 1 N–H and O–H groups in total. The molecule has 0 radical (unpaired) electrons. The Kier molecular flexibility index (Phi) is 6.07. The molecule has 2 aromatic carbocycles. The zero-order valence-electron chi connectivity index (χ0n) is 17.6. The van der Waals surface area contributed by atoms with Gasteiger partial charge >= 0.3 is 0 Å². The van der Waals surface area contributed by atoms with Crippen LogP contribution in [0.25, 0.3) is 11.5 Å². The zero-order valence-corrected chi connectivity index (χ0v) is 17.6. The first-order valence-corrected chi connectivity index (χ1v) is 10.0. The number of aromatic nitrogens is 4. The van der Waals surface area contributed by atoms with Gasteiger partial charge in [-0.05, 0) is 44.2 Å². The Morgan fingerprint density at radius 3 is 2.66 bits per heavy atom. The molecule has 0 bridgehead atoms. The first kappa shape index (κ1) is 21.4. The van der Waals surface area contributed by atoms with Gasteiger partial charge in [-0.15, -0.1) is 10.2 Å². The highest BCUT2D eigenvalue weighted by atomic mass is 19.1. The standard InChI is InChI=1S/C23H21F2N5O2/c1-14-3-5-16(6-4-14)23-29-28-21(32-23)10-9-20(31)27-22-15(2)12-26-30(22)13-17-11-18(24)7-8-19(17)25/h3-8,11-12H,9-10,13H2,1-2H3,(H,27,31). The zero-order chi connectivity index (χ0) is 22.7. The summed E-state index contributed by atoms with van der Waals surface area (Å²) in [6, 6.07) is 10.9. The van der Waals surface area contributed by atoms with Gasteiger partial charge in [-0.2, -0.15) is 5.10 Å². The van der Waals surface area contributed by atoms with Crippen molar-refractivity contribution in [2.24, 2.45) is 0 Å². The maximum Gasteiger partial charge on any atom is 0.247 e. The average molecular weight is 437 g/mol. The van der Waals surface area contributed by atoms with E-state index in [1.165, 1.54) is 4.68 Å². The van der Waals surface area contributed by atoms with Crippen molar-refractivity contribution < 1.29 is 18.0 Å². The molecule has 0 unspecified atom stereocenters. The number of aryl methyl sites for hydroxylation is 3. The summed E-state index contributed by atoms with van der Waals surface area (Å²) in [6.07, 6.45) is 1.92. The van der Waals surface area contributed by atoms with E-state index in [0.29, 0.717) is 23.2 Å². The molecule has 7 nitrogen and oxygen atoms in total. The number of anilines is 1. The van der Waals surface area contributed by atoms with E-state index in [1.54, 1.807) is 13.1 Å². The molecule has 0 aliphatic heterocycles. The lowest BCUT2D eigenvalue weighted by molar-refractivity contribution is -0.116. The highest BCUT2D eigenvalue weighted by Gasteiger charge is 2.15. The normalized spacial score (nSPS) is 11.0. The number of carbonyl (C=O) groups excluding carboxylic acids is 1. The van der Waals surface area contributed by atoms with Crippen LogP contribution in [0.2, 0.25) is 0 Å². The lowest BCUT2D eigenvalue weighted by atomic mass is 10.1. The van der Waals surface area contributed by atoms with Crippen molar-refractivity contribution in [3.8, 4) is 11.5 Å². The molecule has 0 fully saturated rings. The number of nitrogens with one attached hydrogen (secondary N) is 1. The Morgan fingerprint density at radius 2 is 1.88 bits per heavy atom. The van der Waals surface area contributed by atoms with E-state index in [-0.39, 0.29) is 30.9 Å². The summed E-state index contributed by atoms with van der Waals surface area (Å²) in [5.41, 5.74) is 2.77. The van der Waals surface area contributed by atoms with Crippen molar-refractivity contribution in [3.05, 3.63) is 82.9 Å². The lowest BCUT2D eigenvalue weighted by Gasteiger charge is -2.11. The number of nitrogens with zero attached hydrogens (tertiary/aromatic N) is 4. The second-order valence-corrected chi connectivity index (χ2v) is 7.48. The number of carbonyl (C=O) groups is 1. The summed E-state index contributed by atoms with van der Waals surface area (Å²) in [7, 11) is 0. The molecule has 0 atom stereocenters. The van der Waals surface area contributed by atoms with E-state index in [4.69, 9.17) is 4.42 Å². The largest absolute Gasteiger partial charge is 0.421 e. The van der Waals surface area contributed by atoms with Gasteiger partial charge in [0, 0.05) is 29.5 Å². The van der Waals surface area contributed by atoms with E-state index in [0.717, 1.165) is 29.3 Å². The third kappa shape index (κ3) is 4.88. The molecular weight excluding hydrogens is 416 g/mol. The minimum Gasteiger partial charge on any atom is -0.421 e. The van der Waals surface area contributed by atoms with Crippen molar-refractivity contribution in [1.82, 2.24) is 20.0 Å². The average Bonchev–Trinajstić information content (AvgIpc) is 3.38. The van der Waals surface area contributed by atoms with Crippen LogP contribution in [0.15, 0.2) is 53.1 Å². The van der Waals surface area contributed by atoms with Crippen LogP contribution in [0.3, 0.4) is 0 Å². The highest BCUT2D eigenvalue weighted by molar-refractivity contribution is 5.90. The van der Waals surface area contributed by atoms with Crippen LogP contribution < -0.4 is 5.32 Å². The third-order valence-electron chi connectivity index (χ3n) is 4.94. The summed E-state index contributed by atoms with van der Waals surface area (Å²) in [5, 5.41) is 15.0. The highest BCUT2D eigenvalue weighted by Crippen LogP contribution is 2.20. The van der Waals surface area contributed by atoms with Crippen LogP contribution in [0, 0.1) is 25.5 Å². The Hall–Kier alpha value is -3.88. The fourth-order valence-electron chi connectivity index (χ4n) is 3.17. The van der Waals surface area contributed by atoms with E-state index in [2.05, 4.69) is 20.6 Å². The van der Waals surface area contributed by atoms with Crippen molar-refractivity contribution in [2.75, 3.05) is 5.32 Å². The van der Waals surface area contributed by atoms with Gasteiger partial charge in [0.25, 0.3) is 0 Å². The molecule has 0 spiro atoms. The first-order chi connectivity index (χ1) is 15.4. The maximum absolute atomic E-state index is 14.0. The van der Waals surface area contributed by atoms with Gasteiger partial charge in [0.15, 0.2) is 0 Å². The number of halogens is 2. The molecule has 0 saturated heterocycles. The number of hydrogen-bond donors (Lipinski definition) is 1. The molecule has 0 aliphatic rings. The molecule has 4 aromatic rings. The Morgan fingerprint density at radius 1 is 1.09 bits per heavy atom. The number of rotatable bonds is 7. The minimum atomic E-state index is -0.544. The summed E-state index contributed by atoms with van der Waals surface area (Å²) >= 11 is 0. The number of benzene rings is 2. The number of amides is 1. The summed E-state index contributed by atoms with van der Waals surface area (Å²) in [6.45, 7) is 3.74. The van der Waals surface area contributed by atoms with Crippen molar-refractivity contribution in [1.29, 1.82) is 0 Å². The van der Waals surface area contributed by atoms with E-state index in [1.807, 2.05) is 31.2 Å². The van der Waals surface area contributed by atoms with Gasteiger partial charge < -0.3 is 9.73 Å². The van der Waals surface area contributed by atoms with Gasteiger partial charge in [-0.1, -0.05) is 17.7 Å². The van der Waals surface area contributed by atoms with Crippen LogP contribution in [-0.2, 0) is 17.8 Å². The van der Waals surface area contributed by atoms with Crippen LogP contribution in [0.4, 0.5) is 14.6 Å². The molecule has 32 heavy (non-hydrogen) atoms. The van der Waals surface area contributed by atoms with Crippen LogP contribution in [-0.4, -0.2) is 25.9 Å². The molecule has 2 aromatic heterocycles. The van der Waals surface area contributed by atoms with Crippen molar-refractivity contribution in [3.63, 3.8) is 0 Å². The van der Waals surface area contributed by atoms with Crippen molar-refractivity contribution in [2.45, 2.75) is 33.2 Å². The monoisotopic (exact) mass is 437 g/mol. The summed E-state index contributed by atoms with van der Waals surface area (Å²) in [4.78, 5) is 12.5. The first-order valence-electron chi connectivity index (χ1n) is 10.0.